The van der Waals surface area contributed by atoms with E-state index >= 15 is 0 Å². The first kappa shape index (κ1) is 40.0. The van der Waals surface area contributed by atoms with E-state index in [1.165, 1.54) is 12.1 Å². The Labute approximate surface area is 384 Å². The standard InChI is InChI=1S/C60H39F3N4/c1-38-17-15-22-41(33-38)49-35-43(52-37-51(39-18-5-2-6-19-39)64-59(65-52)40-20-7-3-8-21-40)36-50(42-23-16-24-44(34-42)60(61,62)63)57(49)67-54-30-14-12-28-48(54)56-55(67)32-31-47-46-27-11-13-29-53(46)66(58(47)56)45-25-9-4-10-26-45/h2-37H,1H3. The number of hydrogen-bond donors (Lipinski definition) is 0. The molecule has 67 heavy (non-hydrogen) atoms. The van der Waals surface area contributed by atoms with Crippen molar-refractivity contribution >= 4 is 43.6 Å². The zero-order chi connectivity index (χ0) is 45.2. The van der Waals surface area contributed by atoms with Crippen LogP contribution in [0.4, 0.5) is 13.2 Å². The second kappa shape index (κ2) is 15.9. The summed E-state index contributed by atoms with van der Waals surface area (Å²) in [5.74, 6) is 0.541. The lowest BCUT2D eigenvalue weighted by atomic mass is 9.90. The summed E-state index contributed by atoms with van der Waals surface area (Å²) in [4.78, 5) is 10.3. The Morgan fingerprint density at radius 3 is 1.63 bits per heavy atom. The molecule has 9 aromatic carbocycles. The number of nitrogens with zero attached hydrogens (tertiary/aromatic N) is 4. The molecule has 0 atom stereocenters. The van der Waals surface area contributed by atoms with Gasteiger partial charge in [0.2, 0.25) is 0 Å². The highest BCUT2D eigenvalue weighted by Crippen LogP contribution is 2.47. The van der Waals surface area contributed by atoms with Crippen LogP contribution in [0.3, 0.4) is 0 Å². The van der Waals surface area contributed by atoms with E-state index in [9.17, 15) is 13.2 Å². The van der Waals surface area contributed by atoms with E-state index in [-0.39, 0.29) is 0 Å². The maximum atomic E-state index is 14.8. The molecule has 0 radical (unpaired) electrons. The number of halogens is 3. The summed E-state index contributed by atoms with van der Waals surface area (Å²) in [7, 11) is 0. The van der Waals surface area contributed by atoms with E-state index in [1.807, 2.05) is 91.0 Å². The highest BCUT2D eigenvalue weighted by Gasteiger charge is 2.32. The first-order valence-corrected chi connectivity index (χ1v) is 22.2. The molecule has 0 amide bonds. The van der Waals surface area contributed by atoms with Gasteiger partial charge in [-0.05, 0) is 78.7 Å². The SMILES string of the molecule is Cc1cccc(-c2cc(-c3cc(-c4ccccc4)nc(-c4ccccc4)n3)cc(-c3cccc(C(F)(F)F)c3)c2-n2c3ccccc3c3c2ccc2c4ccccc4n(-c4ccccc4)c23)c1. The van der Waals surface area contributed by atoms with Gasteiger partial charge in [-0.15, -0.1) is 0 Å². The minimum absolute atomic E-state index is 0.423. The summed E-state index contributed by atoms with van der Waals surface area (Å²) >= 11 is 0. The molecule has 0 aliphatic heterocycles. The Kier molecular flexibility index (Phi) is 9.47. The molecule has 0 unspecified atom stereocenters. The Morgan fingerprint density at radius 2 is 0.955 bits per heavy atom. The maximum absolute atomic E-state index is 14.8. The van der Waals surface area contributed by atoms with E-state index in [4.69, 9.17) is 9.97 Å². The third kappa shape index (κ3) is 6.86. The largest absolute Gasteiger partial charge is 0.416 e. The van der Waals surface area contributed by atoms with Crippen molar-refractivity contribution < 1.29 is 13.2 Å². The van der Waals surface area contributed by atoms with Crippen LogP contribution >= 0.6 is 0 Å². The van der Waals surface area contributed by atoms with Crippen molar-refractivity contribution in [3.63, 3.8) is 0 Å². The van der Waals surface area contributed by atoms with Crippen LogP contribution in [0, 0.1) is 6.92 Å². The van der Waals surface area contributed by atoms with Crippen LogP contribution in [-0.2, 0) is 6.18 Å². The number of para-hydroxylation sites is 3. The second-order valence-corrected chi connectivity index (χ2v) is 17.0. The summed E-state index contributed by atoms with van der Waals surface area (Å²) in [6.07, 6.45) is -4.57. The van der Waals surface area contributed by atoms with E-state index in [2.05, 4.69) is 119 Å². The molecule has 0 saturated carbocycles. The van der Waals surface area contributed by atoms with Gasteiger partial charge in [0.05, 0.1) is 44.7 Å². The van der Waals surface area contributed by atoms with Gasteiger partial charge in [0, 0.05) is 55.0 Å². The number of aromatic nitrogens is 4. The van der Waals surface area contributed by atoms with Gasteiger partial charge in [0.1, 0.15) is 0 Å². The highest BCUT2D eigenvalue weighted by atomic mass is 19.4. The van der Waals surface area contributed by atoms with Crippen LogP contribution in [0.25, 0.3) is 111 Å². The lowest BCUT2D eigenvalue weighted by Gasteiger charge is -2.22. The number of aryl methyl sites for hydroxylation is 1. The minimum atomic E-state index is -4.57. The van der Waals surface area contributed by atoms with Gasteiger partial charge in [0.15, 0.2) is 5.82 Å². The number of hydrogen-bond acceptors (Lipinski definition) is 2. The second-order valence-electron chi connectivity index (χ2n) is 17.0. The lowest BCUT2D eigenvalue weighted by Crippen LogP contribution is -2.06. The molecule has 0 fully saturated rings. The molecular formula is C60H39F3N4. The minimum Gasteiger partial charge on any atom is -0.309 e. The Hall–Kier alpha value is -8.55. The van der Waals surface area contributed by atoms with Crippen molar-refractivity contribution in [1.29, 1.82) is 0 Å². The number of fused-ring (bicyclic) bond motifs is 7. The highest BCUT2D eigenvalue weighted by molar-refractivity contribution is 6.26. The Balaban J connectivity index is 1.24. The molecule has 320 valence electrons. The third-order valence-corrected chi connectivity index (χ3v) is 12.8. The average Bonchev–Trinajstić information content (AvgIpc) is 3.89. The molecule has 0 N–H and O–H groups in total. The van der Waals surface area contributed by atoms with Crippen molar-refractivity contribution in [3.05, 3.63) is 230 Å². The molecule has 3 aromatic heterocycles. The van der Waals surface area contributed by atoms with Crippen molar-refractivity contribution in [3.8, 4) is 67.5 Å². The first-order valence-electron chi connectivity index (χ1n) is 22.2. The van der Waals surface area contributed by atoms with Gasteiger partial charge in [-0.1, -0.05) is 163 Å². The zero-order valence-electron chi connectivity index (χ0n) is 36.2. The van der Waals surface area contributed by atoms with Crippen LogP contribution in [0.15, 0.2) is 218 Å². The molecule has 12 rings (SSSR count). The van der Waals surface area contributed by atoms with E-state index in [0.29, 0.717) is 22.6 Å². The fourth-order valence-electron chi connectivity index (χ4n) is 9.80. The predicted octanol–water partition coefficient (Wildman–Crippen LogP) is 16.3. The lowest BCUT2D eigenvalue weighted by molar-refractivity contribution is -0.137. The van der Waals surface area contributed by atoms with Crippen molar-refractivity contribution in [2.24, 2.45) is 0 Å². The number of alkyl halides is 3. The normalized spacial score (nSPS) is 11.9. The maximum Gasteiger partial charge on any atom is 0.416 e. The van der Waals surface area contributed by atoms with Crippen LogP contribution in [0.1, 0.15) is 11.1 Å². The predicted molar refractivity (Wildman–Crippen MR) is 268 cm³/mol. The molecule has 3 heterocycles. The molecule has 12 aromatic rings. The molecule has 0 saturated heterocycles. The van der Waals surface area contributed by atoms with E-state index in [1.54, 1.807) is 6.07 Å². The van der Waals surface area contributed by atoms with Gasteiger partial charge in [-0.2, -0.15) is 13.2 Å². The zero-order valence-corrected chi connectivity index (χ0v) is 36.2. The molecule has 7 heteroatoms. The van der Waals surface area contributed by atoms with Crippen LogP contribution in [0.2, 0.25) is 0 Å². The molecule has 0 spiro atoms. The molecule has 4 nitrogen and oxygen atoms in total. The van der Waals surface area contributed by atoms with Gasteiger partial charge in [-0.3, -0.25) is 0 Å². The molecular weight excluding hydrogens is 834 g/mol. The monoisotopic (exact) mass is 872 g/mol. The summed E-state index contributed by atoms with van der Waals surface area (Å²) in [5, 5.41) is 4.30. The van der Waals surface area contributed by atoms with Crippen LogP contribution in [0.5, 0.6) is 0 Å². The fraction of sp³-hybridized carbons (Fsp3) is 0.0333. The van der Waals surface area contributed by atoms with Gasteiger partial charge in [-0.25, -0.2) is 9.97 Å². The van der Waals surface area contributed by atoms with E-state index < -0.39 is 11.7 Å². The summed E-state index contributed by atoms with van der Waals surface area (Å²) < 4.78 is 49.0. The fourth-order valence-corrected chi connectivity index (χ4v) is 9.80. The number of benzene rings is 9. The summed E-state index contributed by atoms with van der Waals surface area (Å²) in [6.45, 7) is 2.06. The average molecular weight is 873 g/mol. The van der Waals surface area contributed by atoms with Crippen LogP contribution in [-0.4, -0.2) is 19.1 Å². The van der Waals surface area contributed by atoms with Gasteiger partial charge < -0.3 is 9.13 Å². The molecule has 0 bridgehead atoms. The molecule has 0 aliphatic rings. The Morgan fingerprint density at radius 1 is 0.403 bits per heavy atom. The van der Waals surface area contributed by atoms with Gasteiger partial charge in [0.25, 0.3) is 0 Å². The smallest absolute Gasteiger partial charge is 0.309 e. The Bertz CT molecular complexity index is 3790. The summed E-state index contributed by atoms with van der Waals surface area (Å²) in [5.41, 5.74) is 12.7. The quantitative estimate of drug-likeness (QED) is 0.160. The van der Waals surface area contributed by atoms with E-state index in [0.717, 1.165) is 100 Å². The van der Waals surface area contributed by atoms with Gasteiger partial charge >= 0.3 is 6.18 Å². The van der Waals surface area contributed by atoms with Crippen molar-refractivity contribution in [2.45, 2.75) is 13.1 Å². The number of rotatable bonds is 7. The van der Waals surface area contributed by atoms with Crippen LogP contribution < -0.4 is 0 Å². The summed E-state index contributed by atoms with van der Waals surface area (Å²) in [6, 6.07) is 71.5. The topological polar surface area (TPSA) is 35.6 Å². The third-order valence-electron chi connectivity index (χ3n) is 12.8. The van der Waals surface area contributed by atoms with Crippen molar-refractivity contribution in [2.75, 3.05) is 0 Å². The first-order chi connectivity index (χ1) is 32.8. The molecule has 0 aliphatic carbocycles. The van der Waals surface area contributed by atoms with Crippen molar-refractivity contribution in [1.82, 2.24) is 19.1 Å².